The Hall–Kier alpha value is -1.86. The number of hydrogen-bond donors (Lipinski definition) is 2. The molecule has 1 saturated carbocycles. The van der Waals surface area contributed by atoms with E-state index in [1.54, 1.807) is 0 Å². The van der Waals surface area contributed by atoms with Crippen molar-refractivity contribution in [1.29, 1.82) is 0 Å². The smallest absolute Gasteiger partial charge is 0.323 e. The minimum absolute atomic E-state index is 0.0428. The highest BCUT2D eigenvalue weighted by atomic mass is 35.5. The second kappa shape index (κ2) is 5.26. The van der Waals surface area contributed by atoms with Gasteiger partial charge in [-0.25, -0.2) is 0 Å². The van der Waals surface area contributed by atoms with Crippen LogP contribution in [0.15, 0.2) is 18.2 Å². The van der Waals surface area contributed by atoms with Crippen LogP contribution in [0.2, 0.25) is 5.02 Å². The average molecular weight is 301 g/mol. The summed E-state index contributed by atoms with van der Waals surface area (Å²) in [6.45, 7) is 0. The molecular weight excluding hydrogens is 288 g/mol. The maximum Gasteiger partial charge on any atom is 0.323 e. The lowest BCUT2D eigenvalue weighted by Gasteiger charge is -2.19. The van der Waals surface area contributed by atoms with Crippen LogP contribution in [-0.2, 0) is 4.79 Å². The van der Waals surface area contributed by atoms with Gasteiger partial charge >= 0.3 is 11.7 Å². The Bertz CT molecular complexity index is 565. The Morgan fingerprint density at radius 1 is 1.60 bits per heavy atom. The number of rotatable bonds is 4. The van der Waals surface area contributed by atoms with Crippen LogP contribution in [0.1, 0.15) is 19.3 Å². The normalized spacial score (nSPS) is 25.4. The zero-order valence-electron chi connectivity index (χ0n) is 10.4. The highest BCUT2D eigenvalue weighted by Crippen LogP contribution is 2.38. The molecule has 1 aliphatic carbocycles. The zero-order chi connectivity index (χ0) is 14.9. The van der Waals surface area contributed by atoms with Crippen molar-refractivity contribution in [2.24, 2.45) is 5.73 Å². The molecule has 0 aliphatic heterocycles. The van der Waals surface area contributed by atoms with Crippen LogP contribution < -0.4 is 10.5 Å². The molecular formula is C12H13ClN2O5. The monoisotopic (exact) mass is 300 g/mol. The van der Waals surface area contributed by atoms with E-state index < -0.39 is 22.5 Å². The number of aliphatic carboxylic acids is 1. The summed E-state index contributed by atoms with van der Waals surface area (Å²) in [5.74, 6) is -1.14. The number of carboxylic acid groups (broad SMARTS) is 1. The lowest BCUT2D eigenvalue weighted by Crippen LogP contribution is -2.46. The summed E-state index contributed by atoms with van der Waals surface area (Å²) in [6.07, 6.45) is 0.246. The van der Waals surface area contributed by atoms with Crippen molar-refractivity contribution >= 4 is 23.3 Å². The quantitative estimate of drug-likeness (QED) is 0.648. The van der Waals surface area contributed by atoms with Crippen LogP contribution in [-0.4, -0.2) is 27.6 Å². The molecule has 7 nitrogen and oxygen atoms in total. The number of nitro benzene ring substituents is 1. The highest BCUT2D eigenvalue weighted by Gasteiger charge is 2.43. The Balaban J connectivity index is 2.20. The Labute approximate surface area is 119 Å². The van der Waals surface area contributed by atoms with E-state index in [-0.39, 0.29) is 29.3 Å². The number of para-hydroxylation sites is 1. The van der Waals surface area contributed by atoms with Crippen molar-refractivity contribution in [1.82, 2.24) is 0 Å². The molecule has 0 radical (unpaired) electrons. The number of halogens is 1. The van der Waals surface area contributed by atoms with Crippen LogP contribution in [0.25, 0.3) is 0 Å². The van der Waals surface area contributed by atoms with Gasteiger partial charge in [-0.05, 0) is 18.9 Å². The molecule has 1 aliphatic rings. The molecule has 0 aromatic heterocycles. The molecule has 2 rings (SSSR count). The van der Waals surface area contributed by atoms with E-state index in [9.17, 15) is 14.9 Å². The summed E-state index contributed by atoms with van der Waals surface area (Å²) in [5.41, 5.74) is 4.14. The van der Waals surface area contributed by atoms with E-state index in [2.05, 4.69) is 0 Å². The molecule has 0 heterocycles. The van der Waals surface area contributed by atoms with Gasteiger partial charge in [0.25, 0.3) is 0 Å². The SMILES string of the molecule is NC1(C(=O)O)CCC(Oc2c(Cl)cccc2[N+](=O)[O-])C1. The second-order valence-electron chi connectivity index (χ2n) is 4.79. The van der Waals surface area contributed by atoms with Gasteiger partial charge in [-0.1, -0.05) is 17.7 Å². The molecule has 1 aromatic rings. The molecule has 3 N–H and O–H groups in total. The first-order valence-corrected chi connectivity index (χ1v) is 6.33. The van der Waals surface area contributed by atoms with E-state index in [1.165, 1.54) is 18.2 Å². The summed E-state index contributed by atoms with van der Waals surface area (Å²) in [6, 6.07) is 4.21. The number of nitrogens with zero attached hydrogens (tertiary/aromatic N) is 1. The molecule has 1 fully saturated rings. The van der Waals surface area contributed by atoms with Crippen molar-refractivity contribution < 1.29 is 19.6 Å². The number of ether oxygens (including phenoxy) is 1. The van der Waals surface area contributed by atoms with E-state index in [0.717, 1.165) is 0 Å². The van der Waals surface area contributed by atoms with Gasteiger partial charge in [-0.2, -0.15) is 0 Å². The number of benzene rings is 1. The summed E-state index contributed by atoms with van der Waals surface area (Å²) in [5, 5.41) is 20.1. The van der Waals surface area contributed by atoms with Gasteiger partial charge < -0.3 is 15.6 Å². The first-order chi connectivity index (χ1) is 9.33. The molecule has 0 spiro atoms. The summed E-state index contributed by atoms with van der Waals surface area (Å²) >= 11 is 5.91. The fourth-order valence-corrected chi connectivity index (χ4v) is 2.46. The van der Waals surface area contributed by atoms with E-state index >= 15 is 0 Å². The zero-order valence-corrected chi connectivity index (χ0v) is 11.2. The fraction of sp³-hybridized carbons (Fsp3) is 0.417. The predicted octanol–water partition coefficient (Wildman–Crippen LogP) is 1.96. The molecule has 0 bridgehead atoms. The van der Waals surface area contributed by atoms with Gasteiger partial charge in [-0.3, -0.25) is 14.9 Å². The second-order valence-corrected chi connectivity index (χ2v) is 5.20. The van der Waals surface area contributed by atoms with Gasteiger partial charge in [0.2, 0.25) is 5.75 Å². The molecule has 2 atom stereocenters. The molecule has 108 valence electrons. The van der Waals surface area contributed by atoms with Gasteiger partial charge in [0.05, 0.1) is 9.95 Å². The largest absolute Gasteiger partial charge is 0.482 e. The van der Waals surface area contributed by atoms with Crippen LogP contribution in [0.5, 0.6) is 5.75 Å². The maximum absolute atomic E-state index is 11.0. The number of hydrogen-bond acceptors (Lipinski definition) is 5. The van der Waals surface area contributed by atoms with Gasteiger partial charge in [0.1, 0.15) is 11.6 Å². The van der Waals surface area contributed by atoms with Crippen molar-refractivity contribution in [3.8, 4) is 5.75 Å². The van der Waals surface area contributed by atoms with Crippen LogP contribution >= 0.6 is 11.6 Å². The molecule has 20 heavy (non-hydrogen) atoms. The molecule has 0 saturated heterocycles. The minimum atomic E-state index is -1.35. The lowest BCUT2D eigenvalue weighted by atomic mass is 10.00. The number of carboxylic acids is 1. The van der Waals surface area contributed by atoms with E-state index in [4.69, 9.17) is 27.2 Å². The molecule has 0 amide bonds. The summed E-state index contributed by atoms with van der Waals surface area (Å²) in [4.78, 5) is 21.4. The third-order valence-electron chi connectivity index (χ3n) is 3.36. The van der Waals surface area contributed by atoms with Gasteiger partial charge in [-0.15, -0.1) is 0 Å². The standard InChI is InChI=1S/C12H13ClN2O5/c13-8-2-1-3-9(15(18)19)10(8)20-7-4-5-12(14,6-7)11(16)17/h1-3,7H,4-6,14H2,(H,16,17). The van der Waals surface area contributed by atoms with E-state index in [0.29, 0.717) is 6.42 Å². The van der Waals surface area contributed by atoms with Gasteiger partial charge in [0.15, 0.2) is 0 Å². The molecule has 2 unspecified atom stereocenters. The van der Waals surface area contributed by atoms with Crippen molar-refractivity contribution in [3.63, 3.8) is 0 Å². The highest BCUT2D eigenvalue weighted by molar-refractivity contribution is 6.32. The third-order valence-corrected chi connectivity index (χ3v) is 3.66. The topological polar surface area (TPSA) is 116 Å². The lowest BCUT2D eigenvalue weighted by molar-refractivity contribution is -0.386. The minimum Gasteiger partial charge on any atom is -0.482 e. The molecule has 8 heteroatoms. The van der Waals surface area contributed by atoms with Crippen molar-refractivity contribution in [2.75, 3.05) is 0 Å². The van der Waals surface area contributed by atoms with Crippen LogP contribution in [0.3, 0.4) is 0 Å². The predicted molar refractivity (Wildman–Crippen MR) is 70.9 cm³/mol. The average Bonchev–Trinajstić information content (AvgIpc) is 2.75. The Kier molecular flexibility index (Phi) is 3.82. The number of carbonyl (C=O) groups is 1. The summed E-state index contributed by atoms with van der Waals surface area (Å²) in [7, 11) is 0. The summed E-state index contributed by atoms with van der Waals surface area (Å²) < 4.78 is 5.53. The number of nitrogens with two attached hydrogens (primary N) is 1. The van der Waals surface area contributed by atoms with Crippen LogP contribution in [0, 0.1) is 10.1 Å². The van der Waals surface area contributed by atoms with Crippen molar-refractivity contribution in [3.05, 3.63) is 33.3 Å². The van der Waals surface area contributed by atoms with E-state index in [1.807, 2.05) is 0 Å². The fourth-order valence-electron chi connectivity index (χ4n) is 2.25. The molecule has 1 aromatic carbocycles. The third kappa shape index (κ3) is 2.68. The maximum atomic E-state index is 11.0. The number of nitro groups is 1. The van der Waals surface area contributed by atoms with Gasteiger partial charge in [0, 0.05) is 12.5 Å². The Morgan fingerprint density at radius 3 is 2.85 bits per heavy atom. The van der Waals surface area contributed by atoms with Crippen LogP contribution in [0.4, 0.5) is 5.69 Å². The first kappa shape index (κ1) is 14.5. The first-order valence-electron chi connectivity index (χ1n) is 5.95. The van der Waals surface area contributed by atoms with Crippen molar-refractivity contribution in [2.45, 2.75) is 30.9 Å². The Morgan fingerprint density at radius 2 is 2.30 bits per heavy atom.